The van der Waals surface area contributed by atoms with E-state index in [-0.39, 0.29) is 29.8 Å². The fourth-order valence-corrected chi connectivity index (χ4v) is 6.80. The van der Waals surface area contributed by atoms with Gasteiger partial charge in [0.1, 0.15) is 11.2 Å². The van der Waals surface area contributed by atoms with Crippen LogP contribution in [0.1, 0.15) is 59.0 Å². The van der Waals surface area contributed by atoms with Gasteiger partial charge in [0, 0.05) is 36.6 Å². The van der Waals surface area contributed by atoms with Gasteiger partial charge in [0.25, 0.3) is 5.91 Å². The van der Waals surface area contributed by atoms with Crippen LogP contribution in [0.4, 0.5) is 5.69 Å². The molecule has 3 fully saturated rings. The quantitative estimate of drug-likeness (QED) is 0.710. The van der Waals surface area contributed by atoms with Gasteiger partial charge in [-0.15, -0.1) is 0 Å². The van der Waals surface area contributed by atoms with Gasteiger partial charge in [-0.1, -0.05) is 6.07 Å². The zero-order chi connectivity index (χ0) is 21.7. The first-order valence-corrected chi connectivity index (χ1v) is 10.8. The SMILES string of the molecule is COc1ccc2c(c1)N(OC)C(=O)[C@@]21C[C@H]2[C@H]3CO[C@@H]1C[C@H]3c1c(C)cc(C(C)=O)n12. The third-order valence-corrected chi connectivity index (χ3v) is 8.02. The number of methoxy groups -OCH3 is 1. The van der Waals surface area contributed by atoms with E-state index in [9.17, 15) is 9.59 Å². The number of ether oxygens (including phenoxy) is 2. The fraction of sp³-hybridized carbons (Fsp3) is 0.500. The zero-order valence-corrected chi connectivity index (χ0v) is 18.2. The molecule has 0 N–H and O–H groups in total. The minimum atomic E-state index is -0.838. The lowest BCUT2D eigenvalue weighted by molar-refractivity contribution is -0.137. The predicted octanol–water partition coefficient (Wildman–Crippen LogP) is 3.30. The first-order chi connectivity index (χ1) is 14.9. The molecule has 4 aliphatic heterocycles. The van der Waals surface area contributed by atoms with Gasteiger partial charge < -0.3 is 14.0 Å². The standard InChI is InChI=1S/C24H26N2O5/c1-12-7-18(13(2)27)25-20-10-24(21-9-15(22(12)25)16(20)11-31-21)17-6-5-14(29-3)8-19(17)26(30-4)23(24)28/h5-8,15-16,20-21H,9-11H2,1-4H3/t15-,16+,20+,21-,24+/m1/s1. The van der Waals surface area contributed by atoms with Crippen molar-refractivity contribution in [2.75, 3.05) is 25.9 Å². The van der Waals surface area contributed by atoms with Crippen molar-refractivity contribution in [2.24, 2.45) is 5.92 Å². The number of aryl methyl sites for hydroxylation is 1. The van der Waals surface area contributed by atoms with Gasteiger partial charge >= 0.3 is 0 Å². The highest BCUT2D eigenvalue weighted by atomic mass is 16.7. The van der Waals surface area contributed by atoms with Gasteiger partial charge in [-0.2, -0.15) is 5.06 Å². The van der Waals surface area contributed by atoms with Crippen molar-refractivity contribution in [1.82, 2.24) is 4.57 Å². The lowest BCUT2D eigenvalue weighted by Crippen LogP contribution is -2.50. The average Bonchev–Trinajstić information content (AvgIpc) is 3.26. The molecule has 5 heterocycles. The van der Waals surface area contributed by atoms with Crippen LogP contribution in [0.2, 0.25) is 0 Å². The van der Waals surface area contributed by atoms with E-state index in [1.165, 1.54) is 23.4 Å². The van der Waals surface area contributed by atoms with Crippen molar-refractivity contribution in [3.63, 3.8) is 0 Å². The number of aromatic nitrogens is 1. The van der Waals surface area contributed by atoms with Gasteiger partial charge in [-0.25, -0.2) is 0 Å². The zero-order valence-electron chi connectivity index (χ0n) is 18.2. The number of rotatable bonds is 3. The second-order valence-corrected chi connectivity index (χ2v) is 9.26. The topological polar surface area (TPSA) is 70.0 Å². The molecule has 1 amide bonds. The van der Waals surface area contributed by atoms with Gasteiger partial charge in [0.05, 0.1) is 38.3 Å². The Morgan fingerprint density at radius 2 is 2.06 bits per heavy atom. The van der Waals surface area contributed by atoms with Crippen LogP contribution in [-0.4, -0.2) is 43.2 Å². The third-order valence-electron chi connectivity index (χ3n) is 8.02. The maximum absolute atomic E-state index is 13.9. The molecular weight excluding hydrogens is 396 g/mol. The summed E-state index contributed by atoms with van der Waals surface area (Å²) in [6.07, 6.45) is 1.12. The van der Waals surface area contributed by atoms with Crippen molar-refractivity contribution in [3.8, 4) is 5.75 Å². The maximum Gasteiger partial charge on any atom is 0.264 e. The largest absolute Gasteiger partial charge is 0.497 e. The number of hydrogen-bond donors (Lipinski definition) is 0. The van der Waals surface area contributed by atoms with Crippen molar-refractivity contribution >= 4 is 17.4 Å². The number of carbonyl (C=O) groups is 2. The summed E-state index contributed by atoms with van der Waals surface area (Å²) < 4.78 is 14.0. The summed E-state index contributed by atoms with van der Waals surface area (Å²) in [5, 5.41) is 1.39. The first kappa shape index (κ1) is 19.1. The summed E-state index contributed by atoms with van der Waals surface area (Å²) in [6.45, 7) is 4.32. The Morgan fingerprint density at radius 3 is 2.77 bits per heavy atom. The number of hydrogen-bond acceptors (Lipinski definition) is 5. The van der Waals surface area contributed by atoms with Crippen LogP contribution in [0.25, 0.3) is 0 Å². The summed E-state index contributed by atoms with van der Waals surface area (Å²) in [6, 6.07) is 7.78. The van der Waals surface area contributed by atoms with Crippen LogP contribution in [-0.2, 0) is 19.8 Å². The third kappa shape index (κ3) is 2.16. The number of hydroxylamine groups is 1. The van der Waals surface area contributed by atoms with Gasteiger partial charge in [-0.3, -0.25) is 14.4 Å². The molecule has 7 nitrogen and oxygen atoms in total. The Kier molecular flexibility index (Phi) is 3.82. The molecule has 31 heavy (non-hydrogen) atoms. The monoisotopic (exact) mass is 422 g/mol. The summed E-state index contributed by atoms with van der Waals surface area (Å²) in [5.74, 6) is 1.21. The highest BCUT2D eigenvalue weighted by molar-refractivity contribution is 6.07. The van der Waals surface area contributed by atoms with Crippen molar-refractivity contribution < 1.29 is 23.9 Å². The number of amides is 1. The molecule has 7 rings (SSSR count). The lowest BCUT2D eigenvalue weighted by atomic mass is 9.71. The van der Waals surface area contributed by atoms with E-state index in [1.54, 1.807) is 14.0 Å². The molecule has 2 aromatic rings. The summed E-state index contributed by atoms with van der Waals surface area (Å²) in [5.41, 5.74) is 3.97. The number of ketones is 1. The lowest BCUT2D eigenvalue weighted by Gasteiger charge is -2.38. The van der Waals surface area contributed by atoms with Crippen LogP contribution in [0.3, 0.4) is 0 Å². The molecule has 1 saturated carbocycles. The molecule has 1 aliphatic carbocycles. The molecule has 1 aromatic carbocycles. The molecule has 162 valence electrons. The molecule has 1 spiro atoms. The van der Waals surface area contributed by atoms with Gasteiger partial charge in [-0.05, 0) is 43.0 Å². The van der Waals surface area contributed by atoms with Crippen LogP contribution in [0, 0.1) is 12.8 Å². The summed E-state index contributed by atoms with van der Waals surface area (Å²) in [4.78, 5) is 32.0. The van der Waals surface area contributed by atoms with E-state index in [0.29, 0.717) is 30.4 Å². The molecule has 5 atom stereocenters. The maximum atomic E-state index is 13.9. The second-order valence-electron chi connectivity index (χ2n) is 9.26. The van der Waals surface area contributed by atoms with Crippen LogP contribution in [0.15, 0.2) is 24.3 Å². The number of fused-ring (bicyclic) bond motifs is 3. The molecule has 0 radical (unpaired) electrons. The highest BCUT2D eigenvalue weighted by Gasteiger charge is 2.65. The van der Waals surface area contributed by atoms with Crippen LogP contribution in [0.5, 0.6) is 5.75 Å². The van der Waals surface area contributed by atoms with E-state index < -0.39 is 5.41 Å². The average molecular weight is 422 g/mol. The number of carbonyl (C=O) groups excluding carboxylic acids is 2. The Labute approximate surface area is 180 Å². The van der Waals surface area contributed by atoms with E-state index in [1.807, 2.05) is 24.3 Å². The van der Waals surface area contributed by atoms with Crippen molar-refractivity contribution in [3.05, 3.63) is 46.8 Å². The minimum absolute atomic E-state index is 0.0378. The van der Waals surface area contributed by atoms with Gasteiger partial charge in [0.2, 0.25) is 0 Å². The van der Waals surface area contributed by atoms with E-state index in [0.717, 1.165) is 17.7 Å². The first-order valence-electron chi connectivity index (χ1n) is 10.8. The summed E-state index contributed by atoms with van der Waals surface area (Å²) >= 11 is 0. The fourth-order valence-electron chi connectivity index (χ4n) is 6.80. The Morgan fingerprint density at radius 1 is 1.26 bits per heavy atom. The number of anilines is 1. The Bertz CT molecular complexity index is 1140. The highest BCUT2D eigenvalue weighted by Crippen LogP contribution is 2.62. The smallest absolute Gasteiger partial charge is 0.264 e. The van der Waals surface area contributed by atoms with Crippen LogP contribution < -0.4 is 9.80 Å². The predicted molar refractivity (Wildman–Crippen MR) is 113 cm³/mol. The van der Waals surface area contributed by atoms with E-state index >= 15 is 0 Å². The molecule has 0 unspecified atom stereocenters. The molecule has 2 saturated heterocycles. The molecule has 5 aliphatic rings. The van der Waals surface area contributed by atoms with Gasteiger partial charge in [0.15, 0.2) is 5.78 Å². The van der Waals surface area contributed by atoms with Crippen LogP contribution >= 0.6 is 0 Å². The Hall–Kier alpha value is -2.64. The number of benzene rings is 1. The summed E-state index contributed by atoms with van der Waals surface area (Å²) in [7, 11) is 3.13. The number of Topliss-reactive ketones (excluding diaryl/α,β-unsaturated/α-hetero) is 1. The van der Waals surface area contributed by atoms with Crippen molar-refractivity contribution in [1.29, 1.82) is 0 Å². The molecule has 4 bridgehead atoms. The van der Waals surface area contributed by atoms with Crippen molar-refractivity contribution in [2.45, 2.75) is 50.2 Å². The Balaban J connectivity index is 1.57. The van der Waals surface area contributed by atoms with E-state index in [4.69, 9.17) is 14.3 Å². The van der Waals surface area contributed by atoms with E-state index in [2.05, 4.69) is 11.5 Å². The number of nitrogens with zero attached hydrogens (tertiary/aromatic N) is 2. The second kappa shape index (κ2) is 6.20. The molecule has 7 heteroatoms. The molecular formula is C24H26N2O5. The normalized spacial score (nSPS) is 32.4. The molecule has 1 aromatic heterocycles. The minimum Gasteiger partial charge on any atom is -0.497 e.